The Kier molecular flexibility index (Phi) is 7.61. The summed E-state index contributed by atoms with van der Waals surface area (Å²) in [6, 6.07) is 0. The fourth-order valence-corrected chi connectivity index (χ4v) is 0. The maximum Gasteiger partial charge on any atom is 0.761 e. The van der Waals surface area contributed by atoms with Crippen LogP contribution in [0.1, 0.15) is 0 Å². The van der Waals surface area contributed by atoms with Crippen molar-refractivity contribution < 1.29 is 33.5 Å². The molecule has 0 radical (unpaired) electrons. The fraction of sp³-hybridized carbons (Fsp3) is 0. The predicted octanol–water partition coefficient (Wildman–Crippen LogP) is -1.62. The zero-order chi connectivity index (χ0) is 3.58. The molecule has 0 saturated carbocycles. The van der Waals surface area contributed by atoms with Crippen LogP contribution in [0.5, 0.6) is 0 Å². The van der Waals surface area contributed by atoms with Crippen molar-refractivity contribution >= 4 is 9.17 Å². The first-order valence-corrected chi connectivity index (χ1v) is 1.95. The molecule has 0 rings (SSSR count). The van der Waals surface area contributed by atoms with E-state index in [0.29, 0.717) is 0 Å². The summed E-state index contributed by atoms with van der Waals surface area (Å²) in [5, 5.41) is 0. The van der Waals surface area contributed by atoms with Gasteiger partial charge in [-0.05, 0) is 0 Å². The third kappa shape index (κ3) is 369. The topological polar surface area (TPSA) is 57.5 Å². The average molecular weight is 143 g/mol. The second-order valence-corrected chi connectivity index (χ2v) is 0.848. The van der Waals surface area contributed by atoms with Gasteiger partial charge >= 0.3 is 9.17 Å². The Morgan fingerprint density at radius 3 is 1.40 bits per heavy atom. The van der Waals surface area contributed by atoms with Crippen LogP contribution in [0.25, 0.3) is 0 Å². The van der Waals surface area contributed by atoms with E-state index in [9.17, 15) is 0 Å². The summed E-state index contributed by atoms with van der Waals surface area (Å²) in [6.45, 7) is 0. The fourth-order valence-electron chi connectivity index (χ4n) is 0. The summed E-state index contributed by atoms with van der Waals surface area (Å²) in [5.74, 6) is 0. The average Bonchev–Trinajstić information content (AvgIpc) is 0.811. The SMILES string of the molecule is O=[Si](O)O.[Zn]. The predicted molar refractivity (Wildman–Crippen MR) is 10.9 cm³/mol. The van der Waals surface area contributed by atoms with Crippen LogP contribution in [0.4, 0.5) is 0 Å². The number of rotatable bonds is 0. The molecule has 5 heteroatoms. The normalized spacial score (nSPS) is 4.80. The molecule has 0 unspecified atom stereocenters. The van der Waals surface area contributed by atoms with E-state index in [2.05, 4.69) is 0 Å². The van der Waals surface area contributed by atoms with Gasteiger partial charge in [-0.2, -0.15) is 0 Å². The van der Waals surface area contributed by atoms with Crippen molar-refractivity contribution in [1.82, 2.24) is 0 Å². The molecule has 0 atom stereocenters. The molecule has 0 heterocycles. The molecule has 0 saturated heterocycles. The molecule has 0 bridgehead atoms. The van der Waals surface area contributed by atoms with Gasteiger partial charge in [-0.3, -0.25) is 4.46 Å². The molecular weight excluding hydrogens is 141 g/mol. The van der Waals surface area contributed by atoms with Crippen LogP contribution in [0, 0.1) is 0 Å². The quantitative estimate of drug-likeness (QED) is 0.401. The van der Waals surface area contributed by atoms with Crippen LogP contribution in [0.3, 0.4) is 0 Å². The Morgan fingerprint density at radius 2 is 1.40 bits per heavy atom. The summed E-state index contributed by atoms with van der Waals surface area (Å²) >= 11 is 0. The van der Waals surface area contributed by atoms with Crippen molar-refractivity contribution in [3.05, 3.63) is 0 Å². The molecule has 2 N–H and O–H groups in total. The third-order valence-corrected chi connectivity index (χ3v) is 0. The standard InChI is InChI=1S/H2O3Si.Zn/c1-4(2)3;/h1-2H;. The third-order valence-electron chi connectivity index (χ3n) is 0. The monoisotopic (exact) mass is 142 g/mol. The van der Waals surface area contributed by atoms with Gasteiger partial charge in [0.15, 0.2) is 0 Å². The summed E-state index contributed by atoms with van der Waals surface area (Å²) in [7, 11) is -3.13. The Balaban J connectivity index is 0. The van der Waals surface area contributed by atoms with E-state index in [-0.39, 0.29) is 19.5 Å². The molecule has 0 fully saturated rings. The van der Waals surface area contributed by atoms with Gasteiger partial charge in [-0.25, -0.2) is 0 Å². The number of hydrogen-bond acceptors (Lipinski definition) is 1. The van der Waals surface area contributed by atoms with E-state index in [1.165, 1.54) is 0 Å². The second-order valence-electron chi connectivity index (χ2n) is 0.283. The van der Waals surface area contributed by atoms with Crippen molar-refractivity contribution in [2.45, 2.75) is 0 Å². The van der Waals surface area contributed by atoms with Crippen LogP contribution in [-0.2, 0) is 23.9 Å². The first-order chi connectivity index (χ1) is 1.73. The molecule has 0 aliphatic carbocycles. The Labute approximate surface area is 43.3 Å². The first-order valence-electron chi connectivity index (χ1n) is 0.651. The minimum atomic E-state index is -3.13. The van der Waals surface area contributed by atoms with E-state index >= 15 is 0 Å². The molecule has 0 aromatic carbocycles. The molecule has 26 valence electrons. The van der Waals surface area contributed by atoms with Crippen molar-refractivity contribution in [3.8, 4) is 0 Å². The molecule has 0 amide bonds. The zero-order valence-electron chi connectivity index (χ0n) is 2.51. The largest absolute Gasteiger partial charge is 0.761 e. The second kappa shape index (κ2) is 4.24. The van der Waals surface area contributed by atoms with Crippen LogP contribution in [-0.4, -0.2) is 18.8 Å². The molecule has 0 aromatic heterocycles. The van der Waals surface area contributed by atoms with Gasteiger partial charge in [-0.15, -0.1) is 0 Å². The maximum atomic E-state index is 8.74. The van der Waals surface area contributed by atoms with Crippen LogP contribution in [0.2, 0.25) is 0 Å². The van der Waals surface area contributed by atoms with Gasteiger partial charge in [0, 0.05) is 19.5 Å². The van der Waals surface area contributed by atoms with Crippen LogP contribution >= 0.6 is 0 Å². The van der Waals surface area contributed by atoms with Gasteiger partial charge in [0.05, 0.1) is 0 Å². The van der Waals surface area contributed by atoms with Crippen molar-refractivity contribution in [3.63, 3.8) is 0 Å². The van der Waals surface area contributed by atoms with Gasteiger partial charge in [0.25, 0.3) is 0 Å². The minimum absolute atomic E-state index is 0. The Hall–Kier alpha value is 0.240. The Morgan fingerprint density at radius 1 is 1.40 bits per heavy atom. The van der Waals surface area contributed by atoms with E-state index in [1.54, 1.807) is 0 Å². The minimum Gasteiger partial charge on any atom is -0.511 e. The smallest absolute Gasteiger partial charge is 0.511 e. The summed E-state index contributed by atoms with van der Waals surface area (Å²) in [5.41, 5.74) is 0. The molecule has 0 aliphatic rings. The van der Waals surface area contributed by atoms with Crippen molar-refractivity contribution in [2.75, 3.05) is 0 Å². The molecule has 0 spiro atoms. The summed E-state index contributed by atoms with van der Waals surface area (Å²) in [6.07, 6.45) is 0. The van der Waals surface area contributed by atoms with E-state index < -0.39 is 9.17 Å². The molecular formula is H2O3SiZn. The van der Waals surface area contributed by atoms with Crippen molar-refractivity contribution in [1.29, 1.82) is 0 Å². The maximum absolute atomic E-state index is 8.74. The first kappa shape index (κ1) is 8.97. The van der Waals surface area contributed by atoms with Gasteiger partial charge in [0.2, 0.25) is 0 Å². The van der Waals surface area contributed by atoms with E-state index in [1.807, 2.05) is 0 Å². The molecule has 0 aliphatic heterocycles. The van der Waals surface area contributed by atoms with Crippen LogP contribution < -0.4 is 0 Å². The molecule has 3 nitrogen and oxygen atoms in total. The van der Waals surface area contributed by atoms with E-state index in [4.69, 9.17) is 14.1 Å². The summed E-state index contributed by atoms with van der Waals surface area (Å²) < 4.78 is 8.74. The number of hydrogen-bond donors (Lipinski definition) is 2. The molecule has 0 aromatic rings. The van der Waals surface area contributed by atoms with E-state index in [0.717, 1.165) is 0 Å². The summed E-state index contributed by atoms with van der Waals surface area (Å²) in [4.78, 5) is 14.3. The Bertz CT molecular complexity index is 29.9. The van der Waals surface area contributed by atoms with Gasteiger partial charge in [-0.1, -0.05) is 0 Å². The van der Waals surface area contributed by atoms with Gasteiger partial charge in [0.1, 0.15) is 0 Å². The van der Waals surface area contributed by atoms with Crippen molar-refractivity contribution in [2.24, 2.45) is 0 Å². The van der Waals surface area contributed by atoms with Gasteiger partial charge < -0.3 is 9.59 Å². The van der Waals surface area contributed by atoms with Crippen LogP contribution in [0.15, 0.2) is 0 Å². The zero-order valence-corrected chi connectivity index (χ0v) is 6.48. The molecule has 5 heavy (non-hydrogen) atoms.